The fourth-order valence-corrected chi connectivity index (χ4v) is 3.76. The second-order valence-corrected chi connectivity index (χ2v) is 7.40. The number of hydrogen-bond donors (Lipinski definition) is 1. The van der Waals surface area contributed by atoms with Crippen LogP contribution in [0.2, 0.25) is 20.1 Å². The van der Waals surface area contributed by atoms with Crippen molar-refractivity contribution < 1.29 is 14.1 Å². The number of halogens is 4. The number of amides is 1. The van der Waals surface area contributed by atoms with E-state index in [-0.39, 0.29) is 21.4 Å². The normalized spacial score (nSPS) is 11.1. The highest BCUT2D eigenvalue weighted by atomic mass is 35.5. The van der Waals surface area contributed by atoms with Crippen molar-refractivity contribution in [1.29, 1.82) is 0 Å². The van der Waals surface area contributed by atoms with Gasteiger partial charge in [0.1, 0.15) is 11.5 Å². The molecule has 0 aliphatic heterocycles. The average molecular weight is 473 g/mol. The third kappa shape index (κ3) is 4.51. The van der Waals surface area contributed by atoms with Crippen LogP contribution in [0.5, 0.6) is 5.75 Å². The van der Waals surface area contributed by atoms with Gasteiger partial charge in [-0.2, -0.15) is 5.10 Å². The minimum Gasteiger partial charge on any atom is -0.494 e. The molecule has 1 amide bonds. The highest BCUT2D eigenvalue weighted by Gasteiger charge is 2.19. The van der Waals surface area contributed by atoms with E-state index < -0.39 is 5.91 Å². The van der Waals surface area contributed by atoms with E-state index in [1.54, 1.807) is 25.1 Å². The molecule has 0 spiro atoms. The van der Waals surface area contributed by atoms with Crippen LogP contribution in [0.4, 0.5) is 0 Å². The summed E-state index contributed by atoms with van der Waals surface area (Å²) in [7, 11) is 1.43. The zero-order valence-corrected chi connectivity index (χ0v) is 18.1. The third-order valence-electron chi connectivity index (χ3n) is 3.93. The summed E-state index contributed by atoms with van der Waals surface area (Å²) < 4.78 is 10.3. The number of carbonyl (C=O) groups is 1. The van der Waals surface area contributed by atoms with Crippen LogP contribution in [0.1, 0.15) is 21.7 Å². The molecule has 150 valence electrons. The van der Waals surface area contributed by atoms with Crippen molar-refractivity contribution in [2.45, 2.75) is 6.92 Å². The zero-order valence-electron chi connectivity index (χ0n) is 15.1. The summed E-state index contributed by atoms with van der Waals surface area (Å²) in [6, 6.07) is 7.95. The van der Waals surface area contributed by atoms with Gasteiger partial charge >= 0.3 is 0 Å². The molecule has 0 unspecified atom stereocenters. The summed E-state index contributed by atoms with van der Waals surface area (Å²) in [5.74, 6) is 0.249. The Balaban J connectivity index is 1.85. The Morgan fingerprint density at radius 1 is 1.14 bits per heavy atom. The van der Waals surface area contributed by atoms with Gasteiger partial charge in [0.2, 0.25) is 0 Å². The number of hydrazone groups is 1. The minimum atomic E-state index is -0.515. The quantitative estimate of drug-likeness (QED) is 0.363. The molecule has 6 nitrogen and oxygen atoms in total. The summed E-state index contributed by atoms with van der Waals surface area (Å²) in [6.45, 7) is 1.70. The lowest BCUT2D eigenvalue weighted by Gasteiger charge is -2.07. The first-order valence-electron chi connectivity index (χ1n) is 8.10. The van der Waals surface area contributed by atoms with Gasteiger partial charge in [-0.3, -0.25) is 4.79 Å². The molecule has 10 heteroatoms. The lowest BCUT2D eigenvalue weighted by atomic mass is 10.1. The highest BCUT2D eigenvalue weighted by molar-refractivity contribution is 6.39. The van der Waals surface area contributed by atoms with Gasteiger partial charge in [0.15, 0.2) is 5.75 Å². The van der Waals surface area contributed by atoms with Crippen LogP contribution < -0.4 is 10.2 Å². The molecule has 29 heavy (non-hydrogen) atoms. The second-order valence-electron chi connectivity index (χ2n) is 5.77. The van der Waals surface area contributed by atoms with Crippen LogP contribution in [0.15, 0.2) is 40.0 Å². The number of methoxy groups -OCH3 is 1. The van der Waals surface area contributed by atoms with Crippen molar-refractivity contribution in [2.24, 2.45) is 5.10 Å². The Labute approximate surface area is 186 Å². The molecular weight excluding hydrogens is 460 g/mol. The first-order chi connectivity index (χ1) is 13.8. The molecule has 1 aromatic heterocycles. The number of carbonyl (C=O) groups excluding carboxylic acids is 1. The molecule has 0 saturated heterocycles. The molecule has 2 aromatic carbocycles. The van der Waals surface area contributed by atoms with E-state index in [9.17, 15) is 4.79 Å². The largest absolute Gasteiger partial charge is 0.494 e. The summed E-state index contributed by atoms with van der Waals surface area (Å²) in [5.41, 5.74) is 4.06. The summed E-state index contributed by atoms with van der Waals surface area (Å²) in [4.78, 5) is 12.4. The third-order valence-corrected chi connectivity index (χ3v) is 5.12. The topological polar surface area (TPSA) is 76.7 Å². The standard InChI is InChI=1S/C19H13Cl4N3O3/c1-9-11(17(26-29-9)16-12(20)4-3-5-13(16)21)8-24-25-19(27)10-6-14(22)18(28-2)15(23)7-10/h3-8H,1-2H3,(H,25,27). The monoisotopic (exact) mass is 471 g/mol. The molecule has 0 radical (unpaired) electrons. The van der Waals surface area contributed by atoms with Gasteiger partial charge in [0, 0.05) is 11.1 Å². The molecule has 0 aliphatic rings. The summed E-state index contributed by atoms with van der Waals surface area (Å²) in [5, 5.41) is 9.21. The van der Waals surface area contributed by atoms with E-state index in [4.69, 9.17) is 55.7 Å². The maximum Gasteiger partial charge on any atom is 0.271 e. The van der Waals surface area contributed by atoms with E-state index >= 15 is 0 Å². The van der Waals surface area contributed by atoms with Crippen LogP contribution in [0.25, 0.3) is 11.3 Å². The Morgan fingerprint density at radius 2 is 1.76 bits per heavy atom. The number of ether oxygens (including phenoxy) is 1. The first kappa shape index (κ1) is 21.5. The van der Waals surface area contributed by atoms with Crippen molar-refractivity contribution in [1.82, 2.24) is 10.6 Å². The lowest BCUT2D eigenvalue weighted by Crippen LogP contribution is -2.17. The van der Waals surface area contributed by atoms with E-state index in [0.29, 0.717) is 32.6 Å². The van der Waals surface area contributed by atoms with Gasteiger partial charge in [0.05, 0.1) is 39.0 Å². The van der Waals surface area contributed by atoms with Crippen LogP contribution in [-0.2, 0) is 0 Å². The van der Waals surface area contributed by atoms with Crippen molar-refractivity contribution in [2.75, 3.05) is 7.11 Å². The predicted octanol–water partition coefficient (Wildman–Crippen LogP) is 6.04. The maximum absolute atomic E-state index is 12.4. The van der Waals surface area contributed by atoms with Gasteiger partial charge in [-0.1, -0.05) is 57.6 Å². The number of benzene rings is 2. The molecule has 0 atom stereocenters. The number of aromatic nitrogens is 1. The summed E-state index contributed by atoms with van der Waals surface area (Å²) >= 11 is 24.6. The van der Waals surface area contributed by atoms with Crippen molar-refractivity contribution >= 4 is 58.5 Å². The van der Waals surface area contributed by atoms with Crippen LogP contribution in [0, 0.1) is 6.92 Å². The molecule has 0 bridgehead atoms. The van der Waals surface area contributed by atoms with Gasteiger partial charge in [0.25, 0.3) is 5.91 Å². The number of aryl methyl sites for hydroxylation is 1. The minimum absolute atomic E-state index is 0.208. The molecule has 1 N–H and O–H groups in total. The van der Waals surface area contributed by atoms with Gasteiger partial charge in [-0.15, -0.1) is 0 Å². The van der Waals surface area contributed by atoms with E-state index in [1.807, 2.05) is 0 Å². The molecule has 0 aliphatic carbocycles. The Bertz CT molecular complexity index is 1070. The molecule has 0 saturated carbocycles. The first-order valence-corrected chi connectivity index (χ1v) is 9.61. The second kappa shape index (κ2) is 9.05. The summed E-state index contributed by atoms with van der Waals surface area (Å²) in [6.07, 6.45) is 1.39. The Morgan fingerprint density at radius 3 is 2.34 bits per heavy atom. The van der Waals surface area contributed by atoms with E-state index in [0.717, 1.165) is 0 Å². The molecule has 3 rings (SSSR count). The number of hydrogen-bond acceptors (Lipinski definition) is 5. The Hall–Kier alpha value is -2.25. The van der Waals surface area contributed by atoms with E-state index in [2.05, 4.69) is 15.7 Å². The average Bonchev–Trinajstić information content (AvgIpc) is 3.02. The number of nitrogens with zero attached hydrogens (tertiary/aromatic N) is 2. The lowest BCUT2D eigenvalue weighted by molar-refractivity contribution is 0.0955. The zero-order chi connectivity index (χ0) is 21.1. The van der Waals surface area contributed by atoms with Crippen LogP contribution in [-0.4, -0.2) is 24.4 Å². The van der Waals surface area contributed by atoms with Crippen LogP contribution >= 0.6 is 46.4 Å². The van der Waals surface area contributed by atoms with Crippen molar-refractivity contribution in [3.8, 4) is 17.0 Å². The fraction of sp³-hybridized carbons (Fsp3) is 0.105. The van der Waals surface area contributed by atoms with Gasteiger partial charge in [-0.05, 0) is 31.2 Å². The van der Waals surface area contributed by atoms with Crippen molar-refractivity contribution in [3.63, 3.8) is 0 Å². The number of rotatable bonds is 5. The maximum atomic E-state index is 12.4. The van der Waals surface area contributed by atoms with Gasteiger partial charge in [-0.25, -0.2) is 5.43 Å². The smallest absolute Gasteiger partial charge is 0.271 e. The molecule has 0 fully saturated rings. The molecule has 1 heterocycles. The predicted molar refractivity (Wildman–Crippen MR) is 115 cm³/mol. The molecule has 3 aromatic rings. The Kier molecular flexibility index (Phi) is 6.70. The SMILES string of the molecule is COc1c(Cl)cc(C(=O)NN=Cc2c(-c3c(Cl)cccc3Cl)noc2C)cc1Cl. The van der Waals surface area contributed by atoms with E-state index in [1.165, 1.54) is 25.5 Å². The van der Waals surface area contributed by atoms with Crippen molar-refractivity contribution in [3.05, 3.63) is 67.3 Å². The molecular formula is C19H13Cl4N3O3. The number of nitrogens with one attached hydrogen (secondary N) is 1. The highest BCUT2D eigenvalue weighted by Crippen LogP contribution is 2.36. The van der Waals surface area contributed by atoms with Gasteiger partial charge < -0.3 is 9.26 Å². The fourth-order valence-electron chi connectivity index (χ4n) is 2.54. The van der Waals surface area contributed by atoms with Crippen LogP contribution in [0.3, 0.4) is 0 Å².